The van der Waals surface area contributed by atoms with Crippen molar-refractivity contribution in [2.45, 2.75) is 71.1 Å². The highest BCUT2D eigenvalue weighted by atomic mass is 19.1. The molecule has 6 rings (SSSR count). The van der Waals surface area contributed by atoms with Gasteiger partial charge < -0.3 is 24.0 Å². The van der Waals surface area contributed by atoms with Gasteiger partial charge in [-0.2, -0.15) is 0 Å². The van der Waals surface area contributed by atoms with Crippen LogP contribution in [0.4, 0.5) is 19.4 Å². The molecule has 2 saturated heterocycles. The maximum Gasteiger partial charge on any atom is 0.410 e. The van der Waals surface area contributed by atoms with Crippen LogP contribution in [0.5, 0.6) is 5.75 Å². The molecular formula is C39H45F2N5O4. The topological polar surface area (TPSA) is 80.3 Å². The van der Waals surface area contributed by atoms with Crippen molar-refractivity contribution in [2.24, 2.45) is 0 Å². The highest BCUT2D eigenvalue weighted by Gasteiger charge is 2.45. The van der Waals surface area contributed by atoms with E-state index in [2.05, 4.69) is 15.7 Å². The van der Waals surface area contributed by atoms with Gasteiger partial charge in [0.2, 0.25) is 0 Å². The average molecular weight is 686 g/mol. The Morgan fingerprint density at radius 3 is 2.48 bits per heavy atom. The first-order valence-corrected chi connectivity index (χ1v) is 17.0. The maximum absolute atomic E-state index is 17.3. The minimum absolute atomic E-state index is 0.0203. The first-order chi connectivity index (χ1) is 23.8. The second-order valence-electron chi connectivity index (χ2n) is 14.5. The number of ether oxygens (including phenoxy) is 3. The Morgan fingerprint density at radius 2 is 1.84 bits per heavy atom. The molecular weight excluding hydrogens is 640 g/mol. The van der Waals surface area contributed by atoms with Crippen molar-refractivity contribution in [3.63, 3.8) is 0 Å². The van der Waals surface area contributed by atoms with E-state index in [1.165, 1.54) is 13.2 Å². The molecule has 11 heteroatoms. The zero-order chi connectivity index (χ0) is 35.9. The van der Waals surface area contributed by atoms with Gasteiger partial charge in [-0.25, -0.2) is 18.6 Å². The molecule has 2 aliphatic rings. The lowest BCUT2D eigenvalue weighted by molar-refractivity contribution is 0.0123. The molecule has 264 valence electrons. The molecule has 2 bridgehead atoms. The number of pyridine rings is 2. The lowest BCUT2D eigenvalue weighted by Crippen LogP contribution is -2.57. The number of anilines is 1. The number of carbonyl (C=O) groups excluding carboxylic acids is 1. The zero-order valence-corrected chi connectivity index (χ0v) is 29.9. The third-order valence-corrected chi connectivity index (χ3v) is 9.50. The molecule has 9 nitrogen and oxygen atoms in total. The van der Waals surface area contributed by atoms with Gasteiger partial charge >= 0.3 is 6.09 Å². The molecule has 4 aromatic rings. The van der Waals surface area contributed by atoms with Crippen molar-refractivity contribution in [3.8, 4) is 29.4 Å². The van der Waals surface area contributed by atoms with Crippen LogP contribution in [0.25, 0.3) is 32.8 Å². The van der Waals surface area contributed by atoms with Crippen molar-refractivity contribution >= 4 is 33.5 Å². The van der Waals surface area contributed by atoms with Crippen LogP contribution in [0.3, 0.4) is 0 Å². The minimum atomic E-state index is -0.599. The summed E-state index contributed by atoms with van der Waals surface area (Å²) in [6.07, 6.45) is 10.3. The lowest BCUT2D eigenvalue weighted by Gasteiger charge is -2.42. The summed E-state index contributed by atoms with van der Waals surface area (Å²) < 4.78 is 49.1. The highest BCUT2D eigenvalue weighted by molar-refractivity contribution is 6.04. The van der Waals surface area contributed by atoms with Crippen LogP contribution >= 0.6 is 0 Å². The minimum Gasteiger partial charge on any atom is -0.468 e. The molecule has 50 heavy (non-hydrogen) atoms. The van der Waals surface area contributed by atoms with Crippen LogP contribution in [0, 0.1) is 30.9 Å². The first-order valence-electron chi connectivity index (χ1n) is 17.0. The Kier molecular flexibility index (Phi) is 9.89. The summed E-state index contributed by atoms with van der Waals surface area (Å²) in [4.78, 5) is 29.2. The summed E-state index contributed by atoms with van der Waals surface area (Å²) in [6.45, 7) is 9.39. The fraction of sp³-hybridized carbons (Fsp3) is 0.462. The number of halogens is 2. The number of nitrogens with zero attached hydrogens (tertiary/aromatic N) is 5. The van der Waals surface area contributed by atoms with Crippen molar-refractivity contribution in [2.75, 3.05) is 52.5 Å². The van der Waals surface area contributed by atoms with E-state index in [0.717, 1.165) is 37.1 Å². The van der Waals surface area contributed by atoms with Crippen LogP contribution in [-0.4, -0.2) is 91.2 Å². The van der Waals surface area contributed by atoms with Crippen LogP contribution in [-0.2, 0) is 15.9 Å². The molecule has 0 radical (unpaired) electrons. The first kappa shape index (κ1) is 35.3. The number of piperazine rings is 1. The molecule has 2 fully saturated rings. The number of benzene rings is 2. The number of hydrogen-bond acceptors (Lipinski definition) is 8. The fourth-order valence-electron chi connectivity index (χ4n) is 7.31. The van der Waals surface area contributed by atoms with Gasteiger partial charge in [-0.3, -0.25) is 9.88 Å². The monoisotopic (exact) mass is 685 g/mol. The number of hydrogen-bond donors (Lipinski definition) is 0. The SMILES string of the molecule is C#Cc1c(F)ccc2cc(OCOC)cc(-c3ncc4c(N5CC6CCC(C5)N6C(=O)OC(C)(C)C)nc(CCCN(C)C)c(C)c4c3F)c12. The second-order valence-corrected chi connectivity index (χ2v) is 14.5. The maximum atomic E-state index is 17.3. The molecule has 0 spiro atoms. The van der Waals surface area contributed by atoms with Gasteiger partial charge in [0.25, 0.3) is 0 Å². The number of aromatic nitrogens is 2. The highest BCUT2D eigenvalue weighted by Crippen LogP contribution is 2.42. The fourth-order valence-corrected chi connectivity index (χ4v) is 7.31. The second kappa shape index (κ2) is 14.0. The van der Waals surface area contributed by atoms with E-state index in [-0.39, 0.29) is 36.2 Å². The van der Waals surface area contributed by atoms with E-state index in [1.54, 1.807) is 24.4 Å². The molecule has 2 aromatic heterocycles. The van der Waals surface area contributed by atoms with Crippen molar-refractivity contribution in [1.82, 2.24) is 19.8 Å². The normalized spacial score (nSPS) is 17.5. The molecule has 0 N–H and O–H groups in total. The molecule has 4 heterocycles. The van der Waals surface area contributed by atoms with Crippen LogP contribution in [0.2, 0.25) is 0 Å². The van der Waals surface area contributed by atoms with Gasteiger partial charge in [0, 0.05) is 53.8 Å². The molecule has 0 aliphatic carbocycles. The van der Waals surface area contributed by atoms with Crippen molar-refractivity contribution in [3.05, 3.63) is 58.9 Å². The van der Waals surface area contributed by atoms with Crippen molar-refractivity contribution < 1.29 is 27.8 Å². The van der Waals surface area contributed by atoms with Gasteiger partial charge in [-0.1, -0.05) is 12.0 Å². The quantitative estimate of drug-likeness (QED) is 0.137. The Balaban J connectivity index is 1.51. The molecule has 2 aliphatic heterocycles. The predicted molar refractivity (Wildman–Crippen MR) is 192 cm³/mol. The zero-order valence-electron chi connectivity index (χ0n) is 29.9. The van der Waals surface area contributed by atoms with Crippen LogP contribution < -0.4 is 9.64 Å². The Bertz CT molecular complexity index is 1970. The number of methoxy groups -OCH3 is 1. The summed E-state index contributed by atoms with van der Waals surface area (Å²) >= 11 is 0. The van der Waals surface area contributed by atoms with Crippen molar-refractivity contribution in [1.29, 1.82) is 0 Å². The third-order valence-electron chi connectivity index (χ3n) is 9.50. The summed E-state index contributed by atoms with van der Waals surface area (Å²) in [5.41, 5.74) is 1.28. The van der Waals surface area contributed by atoms with Gasteiger partial charge in [0.15, 0.2) is 12.6 Å². The standard InChI is InChI=1S/C39H45F2N5O4/c1-9-28-31(40)15-12-24-17-27(49-22-48-8)18-29(34(24)28)36-35(41)33-23(2)32(11-10-16-44(6)7)43-37(30(33)19-42-36)45-20-25-13-14-26(21-45)46(25)38(47)50-39(3,4)5/h1,12,15,17-19,25-26H,10-11,13-14,16,20-22H2,2-8H3. The number of fused-ring (bicyclic) bond motifs is 4. The van der Waals surface area contributed by atoms with E-state index in [4.69, 9.17) is 30.6 Å². The molecule has 2 atom stereocenters. The largest absolute Gasteiger partial charge is 0.468 e. The summed E-state index contributed by atoms with van der Waals surface area (Å²) in [5, 5.41) is 1.93. The number of terminal acetylenes is 1. The molecule has 1 amide bonds. The predicted octanol–water partition coefficient (Wildman–Crippen LogP) is 7.08. The van der Waals surface area contributed by atoms with E-state index in [1.807, 2.05) is 46.7 Å². The summed E-state index contributed by atoms with van der Waals surface area (Å²) in [7, 11) is 5.54. The smallest absolute Gasteiger partial charge is 0.410 e. The number of carbonyl (C=O) groups is 1. The van der Waals surface area contributed by atoms with Gasteiger partial charge in [-0.05, 0) is 103 Å². The lowest BCUT2D eigenvalue weighted by atomic mass is 9.94. The summed E-state index contributed by atoms with van der Waals surface area (Å²) in [5.74, 6) is 2.37. The van der Waals surface area contributed by atoms with Crippen LogP contribution in [0.1, 0.15) is 56.9 Å². The van der Waals surface area contributed by atoms with E-state index < -0.39 is 17.2 Å². The van der Waals surface area contributed by atoms with Gasteiger partial charge in [0.05, 0.1) is 17.6 Å². The van der Waals surface area contributed by atoms with E-state index in [0.29, 0.717) is 58.2 Å². The van der Waals surface area contributed by atoms with Gasteiger partial charge in [0.1, 0.15) is 28.7 Å². The number of aryl methyl sites for hydroxylation is 2. The van der Waals surface area contributed by atoms with E-state index >= 15 is 8.78 Å². The Labute approximate surface area is 292 Å². The Morgan fingerprint density at radius 1 is 1.12 bits per heavy atom. The third kappa shape index (κ3) is 6.79. The summed E-state index contributed by atoms with van der Waals surface area (Å²) in [6, 6.07) is 6.11. The van der Waals surface area contributed by atoms with E-state index in [9.17, 15) is 4.79 Å². The molecule has 2 aromatic carbocycles. The average Bonchev–Trinajstić information content (AvgIpc) is 3.33. The molecule has 0 saturated carbocycles. The Hall–Kier alpha value is -4.53. The number of rotatable bonds is 9. The van der Waals surface area contributed by atoms with Gasteiger partial charge in [-0.15, -0.1) is 6.42 Å². The molecule has 2 unspecified atom stereocenters. The van der Waals surface area contributed by atoms with Crippen LogP contribution in [0.15, 0.2) is 30.5 Å². The number of amides is 1.